The zero-order chi connectivity index (χ0) is 25.8. The lowest BCUT2D eigenvalue weighted by Crippen LogP contribution is -2.31. The standard InChI is InChI=1S/C23H16F6N4O3/c24-22(25,26)12-5-11(6-13(8-12)23(27,28)29)21-32-20(33-36-21)10-1-2-16-15(7-10)14-3-4-30-17(9-18(34)35)19(14)31-16/h1-2,5-8,17,30-31H,3-4,9H2,(H,34,35). The Balaban J connectivity index is 1.54. The van der Waals surface area contributed by atoms with E-state index in [-0.39, 0.29) is 18.3 Å². The van der Waals surface area contributed by atoms with Crippen molar-refractivity contribution in [2.24, 2.45) is 0 Å². The maximum absolute atomic E-state index is 13.2. The molecule has 36 heavy (non-hydrogen) atoms. The number of alkyl halides is 6. The van der Waals surface area contributed by atoms with Crippen LogP contribution in [-0.2, 0) is 23.6 Å². The third kappa shape index (κ3) is 4.41. The molecule has 2 aromatic heterocycles. The molecule has 3 N–H and O–H groups in total. The van der Waals surface area contributed by atoms with E-state index in [2.05, 4.69) is 20.4 Å². The number of fused-ring (bicyclic) bond motifs is 3. The average Bonchev–Trinajstić information content (AvgIpc) is 3.43. The van der Waals surface area contributed by atoms with Crippen LogP contribution in [0.25, 0.3) is 33.7 Å². The summed E-state index contributed by atoms with van der Waals surface area (Å²) in [5.41, 5.74) is -0.677. The van der Waals surface area contributed by atoms with Gasteiger partial charge >= 0.3 is 18.3 Å². The normalized spacial score (nSPS) is 16.3. The van der Waals surface area contributed by atoms with E-state index in [4.69, 9.17) is 4.52 Å². The number of aromatic amines is 1. The number of carbonyl (C=O) groups is 1. The van der Waals surface area contributed by atoms with E-state index in [1.54, 1.807) is 18.2 Å². The summed E-state index contributed by atoms with van der Waals surface area (Å²) in [6.07, 6.45) is -9.51. The summed E-state index contributed by atoms with van der Waals surface area (Å²) >= 11 is 0. The summed E-state index contributed by atoms with van der Waals surface area (Å²) < 4.78 is 84.2. The number of nitrogens with one attached hydrogen (secondary N) is 2. The molecule has 13 heteroatoms. The maximum Gasteiger partial charge on any atom is 0.416 e. The van der Waals surface area contributed by atoms with Crippen LogP contribution < -0.4 is 5.32 Å². The monoisotopic (exact) mass is 510 g/mol. The van der Waals surface area contributed by atoms with E-state index in [0.29, 0.717) is 30.7 Å². The van der Waals surface area contributed by atoms with Crippen LogP contribution in [0, 0.1) is 0 Å². The predicted octanol–water partition coefficient (Wildman–Crippen LogP) is 5.58. The van der Waals surface area contributed by atoms with Gasteiger partial charge in [-0.2, -0.15) is 31.3 Å². The molecule has 0 fully saturated rings. The third-order valence-electron chi connectivity index (χ3n) is 5.95. The number of H-pyrrole nitrogens is 1. The van der Waals surface area contributed by atoms with Crippen molar-refractivity contribution in [1.29, 1.82) is 0 Å². The van der Waals surface area contributed by atoms with Crippen molar-refractivity contribution >= 4 is 16.9 Å². The number of carboxylic acids is 1. The van der Waals surface area contributed by atoms with Crippen LogP contribution in [-0.4, -0.2) is 32.7 Å². The Morgan fingerprint density at radius 1 is 1.03 bits per heavy atom. The van der Waals surface area contributed by atoms with Crippen LogP contribution in [0.3, 0.4) is 0 Å². The van der Waals surface area contributed by atoms with Gasteiger partial charge in [-0.3, -0.25) is 4.79 Å². The fraction of sp³-hybridized carbons (Fsp3) is 0.261. The highest BCUT2D eigenvalue weighted by molar-refractivity contribution is 5.89. The molecule has 188 valence electrons. The topological polar surface area (TPSA) is 104 Å². The summed E-state index contributed by atoms with van der Waals surface area (Å²) in [7, 11) is 0. The number of benzene rings is 2. The molecule has 7 nitrogen and oxygen atoms in total. The smallest absolute Gasteiger partial charge is 0.416 e. The fourth-order valence-electron chi connectivity index (χ4n) is 4.33. The Morgan fingerprint density at radius 3 is 2.36 bits per heavy atom. The molecule has 1 aliphatic heterocycles. The minimum atomic E-state index is -5.01. The fourth-order valence-corrected chi connectivity index (χ4v) is 4.33. The van der Waals surface area contributed by atoms with Gasteiger partial charge in [-0.1, -0.05) is 5.16 Å². The molecule has 1 atom stereocenters. The zero-order valence-electron chi connectivity index (χ0n) is 18.1. The highest BCUT2D eigenvalue weighted by Crippen LogP contribution is 2.39. The van der Waals surface area contributed by atoms with Gasteiger partial charge in [-0.25, -0.2) is 0 Å². The summed E-state index contributed by atoms with van der Waals surface area (Å²) in [4.78, 5) is 18.5. The Morgan fingerprint density at radius 2 is 1.72 bits per heavy atom. The molecule has 5 rings (SSSR count). The Labute approximate surface area is 198 Å². The average molecular weight is 510 g/mol. The number of hydrogen-bond donors (Lipinski definition) is 3. The first kappa shape index (κ1) is 23.9. The second kappa shape index (κ2) is 8.36. The summed E-state index contributed by atoms with van der Waals surface area (Å²) in [6, 6.07) is 5.71. The molecule has 0 amide bonds. The van der Waals surface area contributed by atoms with Crippen LogP contribution in [0.1, 0.15) is 34.8 Å². The molecule has 3 heterocycles. The SMILES string of the molecule is O=C(O)CC1NCCc2c1[nH]c1ccc(-c3noc(-c4cc(C(F)(F)F)cc(C(F)(F)F)c4)n3)cc21. The number of halogens is 6. The van der Waals surface area contributed by atoms with E-state index >= 15 is 0 Å². The van der Waals surface area contributed by atoms with Crippen LogP contribution in [0.5, 0.6) is 0 Å². The van der Waals surface area contributed by atoms with E-state index in [1.165, 1.54) is 0 Å². The molecule has 0 saturated carbocycles. The summed E-state index contributed by atoms with van der Waals surface area (Å²) in [5, 5.41) is 16.9. The molecule has 0 radical (unpaired) electrons. The lowest BCUT2D eigenvalue weighted by molar-refractivity contribution is -0.143. The summed E-state index contributed by atoms with van der Waals surface area (Å²) in [5.74, 6) is -1.48. The van der Waals surface area contributed by atoms with Crippen molar-refractivity contribution in [3.05, 3.63) is 58.8 Å². The van der Waals surface area contributed by atoms with Gasteiger partial charge in [0.15, 0.2) is 0 Å². The molecule has 0 aliphatic carbocycles. The van der Waals surface area contributed by atoms with Crippen LogP contribution in [0.15, 0.2) is 40.9 Å². The molecule has 0 saturated heterocycles. The van der Waals surface area contributed by atoms with Gasteiger partial charge in [0.1, 0.15) is 0 Å². The summed E-state index contributed by atoms with van der Waals surface area (Å²) in [6.45, 7) is 0.561. The maximum atomic E-state index is 13.2. The van der Waals surface area contributed by atoms with E-state index in [9.17, 15) is 36.2 Å². The Bertz CT molecular complexity index is 1440. The molecule has 1 aliphatic rings. The molecule has 4 aromatic rings. The van der Waals surface area contributed by atoms with Crippen molar-refractivity contribution in [2.45, 2.75) is 31.2 Å². The second-order valence-electron chi connectivity index (χ2n) is 8.35. The zero-order valence-corrected chi connectivity index (χ0v) is 18.1. The van der Waals surface area contributed by atoms with Crippen molar-refractivity contribution in [3.63, 3.8) is 0 Å². The lowest BCUT2D eigenvalue weighted by Gasteiger charge is -2.22. The van der Waals surface area contributed by atoms with E-state index < -0.39 is 46.9 Å². The van der Waals surface area contributed by atoms with E-state index in [1.807, 2.05) is 0 Å². The van der Waals surface area contributed by atoms with Gasteiger partial charge in [0.25, 0.3) is 5.89 Å². The molecule has 2 aromatic carbocycles. The number of rotatable bonds is 4. The number of aliphatic carboxylic acids is 1. The van der Waals surface area contributed by atoms with Crippen LogP contribution in [0.2, 0.25) is 0 Å². The number of aromatic nitrogens is 3. The molecular weight excluding hydrogens is 494 g/mol. The highest BCUT2D eigenvalue weighted by Gasteiger charge is 2.37. The lowest BCUT2D eigenvalue weighted by atomic mass is 9.97. The number of hydrogen-bond acceptors (Lipinski definition) is 5. The van der Waals surface area contributed by atoms with Gasteiger partial charge < -0.3 is 19.9 Å². The Kier molecular flexibility index (Phi) is 5.54. The first-order valence-electron chi connectivity index (χ1n) is 10.6. The third-order valence-corrected chi connectivity index (χ3v) is 5.95. The van der Waals surface area contributed by atoms with Gasteiger partial charge in [0, 0.05) is 27.7 Å². The molecule has 1 unspecified atom stereocenters. The van der Waals surface area contributed by atoms with E-state index in [0.717, 1.165) is 22.2 Å². The van der Waals surface area contributed by atoms with Gasteiger partial charge in [0.2, 0.25) is 5.82 Å². The van der Waals surface area contributed by atoms with Crippen molar-refractivity contribution in [3.8, 4) is 22.8 Å². The van der Waals surface area contributed by atoms with Crippen LogP contribution in [0.4, 0.5) is 26.3 Å². The van der Waals surface area contributed by atoms with Crippen LogP contribution >= 0.6 is 0 Å². The number of carboxylic acid groups (broad SMARTS) is 1. The first-order valence-corrected chi connectivity index (χ1v) is 10.6. The van der Waals surface area contributed by atoms with Crippen molar-refractivity contribution < 1.29 is 40.8 Å². The Hall–Kier alpha value is -3.87. The minimum Gasteiger partial charge on any atom is -0.481 e. The molecular formula is C23H16F6N4O3. The quantitative estimate of drug-likeness (QED) is 0.310. The molecule has 0 spiro atoms. The number of nitrogens with zero attached hydrogens (tertiary/aromatic N) is 2. The van der Waals surface area contributed by atoms with Gasteiger partial charge in [-0.15, -0.1) is 0 Å². The largest absolute Gasteiger partial charge is 0.481 e. The minimum absolute atomic E-state index is 0.0240. The highest BCUT2D eigenvalue weighted by atomic mass is 19.4. The first-order chi connectivity index (χ1) is 16.9. The predicted molar refractivity (Wildman–Crippen MR) is 114 cm³/mol. The van der Waals surface area contributed by atoms with Crippen molar-refractivity contribution in [1.82, 2.24) is 20.4 Å². The second-order valence-corrected chi connectivity index (χ2v) is 8.35. The van der Waals surface area contributed by atoms with Gasteiger partial charge in [0.05, 0.1) is 23.6 Å². The molecule has 0 bridgehead atoms. The van der Waals surface area contributed by atoms with Gasteiger partial charge in [-0.05, 0) is 54.9 Å². The van der Waals surface area contributed by atoms with Crippen molar-refractivity contribution in [2.75, 3.05) is 6.54 Å².